The first kappa shape index (κ1) is 15.5. The third kappa shape index (κ3) is 3.60. The van der Waals surface area contributed by atoms with Crippen LogP contribution in [0.1, 0.15) is 35.1 Å². The molecule has 0 aromatic heterocycles. The fraction of sp³-hybridized carbons (Fsp3) is 0.647. The van der Waals surface area contributed by atoms with E-state index in [1.165, 1.54) is 22.3 Å². The van der Waals surface area contributed by atoms with Gasteiger partial charge in [0.05, 0.1) is 5.60 Å². The maximum atomic E-state index is 10.4. The Morgan fingerprint density at radius 1 is 1.15 bits per heavy atom. The van der Waals surface area contributed by atoms with Crippen molar-refractivity contribution in [2.45, 2.75) is 45.8 Å². The number of hydrogen-bond donors (Lipinski definition) is 2. The molecule has 2 N–H and O–H groups in total. The Hall–Kier alpha value is -0.900. The molecular weight excluding hydrogens is 248 g/mol. The van der Waals surface area contributed by atoms with Crippen molar-refractivity contribution < 1.29 is 5.11 Å². The predicted molar refractivity (Wildman–Crippen MR) is 84.0 cm³/mol. The third-order valence-corrected chi connectivity index (χ3v) is 4.51. The summed E-state index contributed by atoms with van der Waals surface area (Å²) in [5, 5.41) is 13.5. The number of rotatable bonds is 4. The van der Waals surface area contributed by atoms with Crippen LogP contribution in [0.2, 0.25) is 0 Å². The van der Waals surface area contributed by atoms with Crippen molar-refractivity contribution in [1.82, 2.24) is 10.2 Å². The lowest BCUT2D eigenvalue weighted by molar-refractivity contribution is -0.0204. The molecule has 3 heteroatoms. The van der Waals surface area contributed by atoms with Gasteiger partial charge in [0.25, 0.3) is 0 Å². The number of nitrogens with zero attached hydrogens (tertiary/aromatic N) is 1. The molecule has 1 aromatic carbocycles. The molecule has 1 aromatic rings. The monoisotopic (exact) mass is 276 g/mol. The van der Waals surface area contributed by atoms with E-state index in [4.69, 9.17) is 0 Å². The smallest absolute Gasteiger partial charge is 0.0795 e. The van der Waals surface area contributed by atoms with Crippen LogP contribution < -0.4 is 5.32 Å². The highest BCUT2D eigenvalue weighted by atomic mass is 16.3. The molecule has 0 atom stereocenters. The van der Waals surface area contributed by atoms with Crippen molar-refractivity contribution in [1.29, 1.82) is 0 Å². The Bertz CT molecular complexity index is 439. The molecule has 0 radical (unpaired) electrons. The molecule has 1 heterocycles. The van der Waals surface area contributed by atoms with Crippen molar-refractivity contribution in [2.75, 3.05) is 26.7 Å². The Kier molecular flexibility index (Phi) is 4.84. The summed E-state index contributed by atoms with van der Waals surface area (Å²) in [7, 11) is 1.91. The van der Waals surface area contributed by atoms with Crippen LogP contribution in [-0.2, 0) is 6.54 Å². The summed E-state index contributed by atoms with van der Waals surface area (Å²) >= 11 is 0. The number of likely N-dealkylation sites (N-methyl/N-ethyl adjacent to an activating group) is 1. The van der Waals surface area contributed by atoms with E-state index < -0.39 is 5.60 Å². The average molecular weight is 276 g/mol. The second-order valence-electron chi connectivity index (χ2n) is 6.41. The topological polar surface area (TPSA) is 35.5 Å². The quantitative estimate of drug-likeness (QED) is 0.884. The molecule has 0 aliphatic carbocycles. The lowest BCUT2D eigenvalue weighted by atomic mass is 9.90. The molecule has 0 amide bonds. The first-order valence-corrected chi connectivity index (χ1v) is 7.59. The van der Waals surface area contributed by atoms with Crippen molar-refractivity contribution >= 4 is 0 Å². The molecule has 0 bridgehead atoms. The Morgan fingerprint density at radius 3 is 2.20 bits per heavy atom. The van der Waals surface area contributed by atoms with Gasteiger partial charge in [-0.3, -0.25) is 4.90 Å². The van der Waals surface area contributed by atoms with E-state index in [0.29, 0.717) is 6.54 Å². The van der Waals surface area contributed by atoms with Crippen LogP contribution in [0.25, 0.3) is 0 Å². The van der Waals surface area contributed by atoms with Gasteiger partial charge < -0.3 is 10.4 Å². The fourth-order valence-electron chi connectivity index (χ4n) is 3.32. The second-order valence-corrected chi connectivity index (χ2v) is 6.41. The first-order valence-electron chi connectivity index (χ1n) is 7.59. The largest absolute Gasteiger partial charge is 0.388 e. The zero-order valence-corrected chi connectivity index (χ0v) is 13.3. The van der Waals surface area contributed by atoms with Crippen LogP contribution in [0.3, 0.4) is 0 Å². The highest BCUT2D eigenvalue weighted by Crippen LogP contribution is 2.25. The molecule has 2 rings (SSSR count). The van der Waals surface area contributed by atoms with Gasteiger partial charge in [0.1, 0.15) is 0 Å². The van der Waals surface area contributed by atoms with E-state index in [9.17, 15) is 5.11 Å². The zero-order valence-electron chi connectivity index (χ0n) is 13.3. The van der Waals surface area contributed by atoms with Gasteiger partial charge in [0.15, 0.2) is 0 Å². The highest BCUT2D eigenvalue weighted by molar-refractivity contribution is 5.37. The van der Waals surface area contributed by atoms with E-state index in [1.54, 1.807) is 0 Å². The second kappa shape index (κ2) is 6.25. The van der Waals surface area contributed by atoms with Crippen molar-refractivity contribution in [2.24, 2.45) is 0 Å². The van der Waals surface area contributed by atoms with Gasteiger partial charge in [-0.05, 0) is 57.4 Å². The van der Waals surface area contributed by atoms with Gasteiger partial charge in [-0.25, -0.2) is 0 Å². The van der Waals surface area contributed by atoms with Gasteiger partial charge in [-0.15, -0.1) is 0 Å². The van der Waals surface area contributed by atoms with Gasteiger partial charge in [0, 0.05) is 26.2 Å². The van der Waals surface area contributed by atoms with Gasteiger partial charge in [-0.2, -0.15) is 0 Å². The fourth-order valence-corrected chi connectivity index (χ4v) is 3.32. The van der Waals surface area contributed by atoms with E-state index in [1.807, 2.05) is 7.05 Å². The standard InChI is InChI=1S/C17H28N2O/c1-13-9-14(2)16(15(3)10-13)11-19-7-5-17(20,6-8-19)12-18-4/h9-10,18,20H,5-8,11-12H2,1-4H3. The minimum absolute atomic E-state index is 0.511. The molecule has 0 unspecified atom stereocenters. The van der Waals surface area contributed by atoms with Gasteiger partial charge >= 0.3 is 0 Å². The maximum absolute atomic E-state index is 10.4. The number of aryl methyl sites for hydroxylation is 3. The van der Waals surface area contributed by atoms with Crippen molar-refractivity contribution in [3.8, 4) is 0 Å². The molecule has 1 aliphatic rings. The van der Waals surface area contributed by atoms with Crippen LogP contribution in [0, 0.1) is 20.8 Å². The number of aliphatic hydroxyl groups is 1. The van der Waals surface area contributed by atoms with Crippen LogP contribution in [0.15, 0.2) is 12.1 Å². The van der Waals surface area contributed by atoms with E-state index in [0.717, 1.165) is 32.5 Å². The molecule has 0 saturated carbocycles. The molecule has 1 aliphatic heterocycles. The van der Waals surface area contributed by atoms with Crippen molar-refractivity contribution in [3.63, 3.8) is 0 Å². The van der Waals surface area contributed by atoms with Crippen LogP contribution in [0.5, 0.6) is 0 Å². The maximum Gasteiger partial charge on any atom is 0.0795 e. The van der Waals surface area contributed by atoms with Crippen LogP contribution in [0.4, 0.5) is 0 Å². The molecular formula is C17H28N2O. The normalized spacial score (nSPS) is 19.2. The minimum Gasteiger partial charge on any atom is -0.388 e. The first-order chi connectivity index (χ1) is 9.43. The van der Waals surface area contributed by atoms with Crippen LogP contribution >= 0.6 is 0 Å². The van der Waals surface area contributed by atoms with Gasteiger partial charge in [-0.1, -0.05) is 17.7 Å². The Labute approximate surface area is 123 Å². The molecule has 3 nitrogen and oxygen atoms in total. The summed E-state index contributed by atoms with van der Waals surface area (Å²) in [5.41, 5.74) is 5.06. The zero-order chi connectivity index (χ0) is 14.8. The van der Waals surface area contributed by atoms with Crippen molar-refractivity contribution in [3.05, 3.63) is 34.4 Å². The summed E-state index contributed by atoms with van der Waals surface area (Å²) in [6.45, 7) is 10.2. The summed E-state index contributed by atoms with van der Waals surface area (Å²) < 4.78 is 0. The number of likely N-dealkylation sites (tertiary alicyclic amines) is 1. The number of nitrogens with one attached hydrogen (secondary N) is 1. The SMILES string of the molecule is CNCC1(O)CCN(Cc2c(C)cc(C)cc2C)CC1. The van der Waals surface area contributed by atoms with E-state index in [2.05, 4.69) is 43.1 Å². The summed E-state index contributed by atoms with van der Waals surface area (Å²) in [6, 6.07) is 4.53. The van der Waals surface area contributed by atoms with E-state index in [-0.39, 0.29) is 0 Å². The molecule has 0 spiro atoms. The minimum atomic E-state index is -0.511. The van der Waals surface area contributed by atoms with E-state index >= 15 is 0 Å². The molecule has 1 saturated heterocycles. The van der Waals surface area contributed by atoms with Gasteiger partial charge in [0.2, 0.25) is 0 Å². The lowest BCUT2D eigenvalue weighted by Gasteiger charge is -2.38. The molecule has 112 valence electrons. The van der Waals surface area contributed by atoms with Crippen LogP contribution in [-0.4, -0.2) is 42.3 Å². The number of benzene rings is 1. The number of hydrogen-bond acceptors (Lipinski definition) is 3. The highest BCUT2D eigenvalue weighted by Gasteiger charge is 2.31. The summed E-state index contributed by atoms with van der Waals surface area (Å²) in [6.07, 6.45) is 1.72. The molecule has 1 fully saturated rings. The molecule has 20 heavy (non-hydrogen) atoms. The number of piperidine rings is 1. The Balaban J connectivity index is 2.00. The lowest BCUT2D eigenvalue weighted by Crippen LogP contribution is -2.49. The third-order valence-electron chi connectivity index (χ3n) is 4.51. The summed E-state index contributed by atoms with van der Waals surface area (Å²) in [5.74, 6) is 0. The summed E-state index contributed by atoms with van der Waals surface area (Å²) in [4.78, 5) is 2.47. The predicted octanol–water partition coefficient (Wildman–Crippen LogP) is 2.16. The Morgan fingerprint density at radius 2 is 1.70 bits per heavy atom. The average Bonchev–Trinajstić information content (AvgIpc) is 2.36.